The van der Waals surface area contributed by atoms with E-state index in [-0.39, 0.29) is 0 Å². The lowest BCUT2D eigenvalue weighted by Crippen LogP contribution is -2.39. The number of nitrogens with zero attached hydrogens (tertiary/aromatic N) is 2. The average molecular weight is 330 g/mol. The Balaban J connectivity index is 1.55. The molecule has 0 spiro atoms. The molecule has 1 saturated heterocycles. The summed E-state index contributed by atoms with van der Waals surface area (Å²) in [5.41, 5.74) is 1.20. The van der Waals surface area contributed by atoms with Gasteiger partial charge in [0.1, 0.15) is 5.75 Å². The highest BCUT2D eigenvalue weighted by Gasteiger charge is 2.33. The van der Waals surface area contributed by atoms with E-state index < -0.39 is 0 Å². The van der Waals surface area contributed by atoms with Gasteiger partial charge in [-0.05, 0) is 43.7 Å². The number of benzene rings is 1. The standard InChI is InChI=1S/C19H30N4O/c1-4-20-19(22-16-11-14(16)2)21-12-15-9-10-23(13-15)17-7-5-6-8-18(17)24-3/h5-8,14-16H,4,9-13H2,1-3H3,(H2,20,21,22). The summed E-state index contributed by atoms with van der Waals surface area (Å²) in [5, 5.41) is 6.90. The van der Waals surface area contributed by atoms with E-state index in [2.05, 4.69) is 41.5 Å². The van der Waals surface area contributed by atoms with Crippen LogP contribution >= 0.6 is 0 Å². The highest BCUT2D eigenvalue weighted by Crippen LogP contribution is 2.32. The number of nitrogens with one attached hydrogen (secondary N) is 2. The highest BCUT2D eigenvalue weighted by atomic mass is 16.5. The molecular weight excluding hydrogens is 300 g/mol. The van der Waals surface area contributed by atoms with E-state index in [9.17, 15) is 0 Å². The second kappa shape index (κ2) is 7.77. The zero-order chi connectivity index (χ0) is 16.9. The molecule has 1 saturated carbocycles. The fourth-order valence-electron chi connectivity index (χ4n) is 3.33. The topological polar surface area (TPSA) is 48.9 Å². The van der Waals surface area contributed by atoms with Gasteiger partial charge < -0.3 is 20.3 Å². The normalized spacial score (nSPS) is 26.4. The molecule has 3 rings (SSSR count). The maximum Gasteiger partial charge on any atom is 0.191 e. The molecule has 1 aliphatic carbocycles. The van der Waals surface area contributed by atoms with Gasteiger partial charge in [-0.2, -0.15) is 0 Å². The van der Waals surface area contributed by atoms with Gasteiger partial charge in [-0.1, -0.05) is 19.1 Å². The van der Waals surface area contributed by atoms with Gasteiger partial charge in [0, 0.05) is 32.2 Å². The summed E-state index contributed by atoms with van der Waals surface area (Å²) in [4.78, 5) is 7.24. The van der Waals surface area contributed by atoms with E-state index in [1.165, 1.54) is 18.5 Å². The first-order valence-corrected chi connectivity index (χ1v) is 9.14. The smallest absolute Gasteiger partial charge is 0.191 e. The van der Waals surface area contributed by atoms with Crippen LogP contribution in [0.2, 0.25) is 0 Å². The van der Waals surface area contributed by atoms with Gasteiger partial charge in [-0.3, -0.25) is 4.99 Å². The van der Waals surface area contributed by atoms with Crippen LogP contribution in [-0.4, -0.2) is 45.3 Å². The minimum Gasteiger partial charge on any atom is -0.495 e. The average Bonchev–Trinajstić information content (AvgIpc) is 3.10. The van der Waals surface area contributed by atoms with Crippen LogP contribution in [0.3, 0.4) is 0 Å². The third-order valence-electron chi connectivity index (χ3n) is 5.00. The van der Waals surface area contributed by atoms with Crippen molar-refractivity contribution in [3.05, 3.63) is 24.3 Å². The summed E-state index contributed by atoms with van der Waals surface area (Å²) >= 11 is 0. The predicted molar refractivity (Wildman–Crippen MR) is 100.0 cm³/mol. The monoisotopic (exact) mass is 330 g/mol. The van der Waals surface area contributed by atoms with Crippen molar-refractivity contribution < 1.29 is 4.74 Å². The van der Waals surface area contributed by atoms with Gasteiger partial charge >= 0.3 is 0 Å². The molecule has 0 radical (unpaired) electrons. The summed E-state index contributed by atoms with van der Waals surface area (Å²) < 4.78 is 5.49. The molecule has 1 aromatic rings. The third kappa shape index (κ3) is 4.13. The Bertz CT molecular complexity index is 574. The largest absolute Gasteiger partial charge is 0.495 e. The molecule has 1 heterocycles. The maximum absolute atomic E-state index is 5.49. The van der Waals surface area contributed by atoms with Gasteiger partial charge in [0.15, 0.2) is 5.96 Å². The molecule has 0 amide bonds. The number of rotatable bonds is 6. The molecule has 1 aliphatic heterocycles. The van der Waals surface area contributed by atoms with Crippen molar-refractivity contribution in [2.24, 2.45) is 16.8 Å². The molecule has 2 aliphatic rings. The number of hydrogen-bond donors (Lipinski definition) is 2. The van der Waals surface area contributed by atoms with Crippen LogP contribution in [0.15, 0.2) is 29.3 Å². The summed E-state index contributed by atoms with van der Waals surface area (Å²) in [6.45, 7) is 8.30. The summed E-state index contributed by atoms with van der Waals surface area (Å²) in [6.07, 6.45) is 2.44. The number of para-hydroxylation sites is 2. The number of aliphatic imine (C=N–C) groups is 1. The van der Waals surface area contributed by atoms with Crippen LogP contribution in [0, 0.1) is 11.8 Å². The molecule has 3 atom stereocenters. The minimum atomic E-state index is 0.599. The predicted octanol–water partition coefficient (Wildman–Crippen LogP) is 2.49. The van der Waals surface area contributed by atoms with Crippen molar-refractivity contribution >= 4 is 11.6 Å². The van der Waals surface area contributed by atoms with Crippen molar-refractivity contribution in [2.45, 2.75) is 32.7 Å². The Kier molecular flexibility index (Phi) is 5.48. The Hall–Kier alpha value is -1.91. The van der Waals surface area contributed by atoms with Crippen LogP contribution in [0.5, 0.6) is 5.75 Å². The quantitative estimate of drug-likeness (QED) is 0.621. The van der Waals surface area contributed by atoms with Crippen LogP contribution in [0.4, 0.5) is 5.69 Å². The maximum atomic E-state index is 5.49. The van der Waals surface area contributed by atoms with Crippen LogP contribution in [0.1, 0.15) is 26.7 Å². The van der Waals surface area contributed by atoms with Crippen molar-refractivity contribution in [2.75, 3.05) is 38.2 Å². The molecule has 1 aromatic carbocycles. The Morgan fingerprint density at radius 3 is 2.88 bits per heavy atom. The minimum absolute atomic E-state index is 0.599. The Morgan fingerprint density at radius 2 is 2.17 bits per heavy atom. The van der Waals surface area contributed by atoms with E-state index in [1.54, 1.807) is 7.11 Å². The lowest BCUT2D eigenvalue weighted by atomic mass is 10.1. The third-order valence-corrected chi connectivity index (χ3v) is 5.00. The fourth-order valence-corrected chi connectivity index (χ4v) is 3.33. The second-order valence-corrected chi connectivity index (χ2v) is 6.96. The highest BCUT2D eigenvalue weighted by molar-refractivity contribution is 5.80. The number of guanidine groups is 1. The van der Waals surface area contributed by atoms with Gasteiger partial charge in [-0.15, -0.1) is 0 Å². The van der Waals surface area contributed by atoms with E-state index in [0.29, 0.717) is 12.0 Å². The molecule has 24 heavy (non-hydrogen) atoms. The number of methoxy groups -OCH3 is 1. The van der Waals surface area contributed by atoms with Crippen LogP contribution in [0.25, 0.3) is 0 Å². The first kappa shape index (κ1) is 16.9. The van der Waals surface area contributed by atoms with Gasteiger partial charge in [0.05, 0.1) is 12.8 Å². The molecule has 0 aromatic heterocycles. The number of hydrogen-bond acceptors (Lipinski definition) is 3. The zero-order valence-corrected chi connectivity index (χ0v) is 15.1. The van der Waals surface area contributed by atoms with E-state index in [0.717, 1.165) is 43.8 Å². The van der Waals surface area contributed by atoms with E-state index in [4.69, 9.17) is 9.73 Å². The number of anilines is 1. The van der Waals surface area contributed by atoms with E-state index in [1.807, 2.05) is 12.1 Å². The van der Waals surface area contributed by atoms with Crippen molar-refractivity contribution in [1.82, 2.24) is 10.6 Å². The van der Waals surface area contributed by atoms with Crippen molar-refractivity contribution in [3.8, 4) is 5.75 Å². The Morgan fingerprint density at radius 1 is 1.38 bits per heavy atom. The molecule has 0 bridgehead atoms. The first-order chi connectivity index (χ1) is 11.7. The van der Waals surface area contributed by atoms with Crippen LogP contribution < -0.4 is 20.3 Å². The summed E-state index contributed by atoms with van der Waals surface area (Å²) in [7, 11) is 1.74. The molecule has 5 nitrogen and oxygen atoms in total. The lowest BCUT2D eigenvalue weighted by molar-refractivity contribution is 0.414. The molecule has 132 valence electrons. The van der Waals surface area contributed by atoms with Crippen molar-refractivity contribution in [3.63, 3.8) is 0 Å². The van der Waals surface area contributed by atoms with Gasteiger partial charge in [0.2, 0.25) is 0 Å². The Labute approximate surface area is 145 Å². The molecule has 2 fully saturated rings. The molecular formula is C19H30N4O. The zero-order valence-electron chi connectivity index (χ0n) is 15.1. The molecule has 2 N–H and O–H groups in total. The SMILES string of the molecule is CCNC(=NCC1CCN(c2ccccc2OC)C1)NC1CC1C. The summed E-state index contributed by atoms with van der Waals surface area (Å²) in [5.74, 6) is 3.31. The van der Waals surface area contributed by atoms with Crippen LogP contribution in [-0.2, 0) is 0 Å². The summed E-state index contributed by atoms with van der Waals surface area (Å²) in [6, 6.07) is 8.88. The van der Waals surface area contributed by atoms with E-state index >= 15 is 0 Å². The number of ether oxygens (including phenoxy) is 1. The lowest BCUT2D eigenvalue weighted by Gasteiger charge is -2.21. The van der Waals surface area contributed by atoms with Gasteiger partial charge in [-0.25, -0.2) is 0 Å². The molecule has 3 unspecified atom stereocenters. The first-order valence-electron chi connectivity index (χ1n) is 9.14. The van der Waals surface area contributed by atoms with Gasteiger partial charge in [0.25, 0.3) is 0 Å². The fraction of sp³-hybridized carbons (Fsp3) is 0.632. The molecule has 5 heteroatoms. The second-order valence-electron chi connectivity index (χ2n) is 6.96. The van der Waals surface area contributed by atoms with Crippen molar-refractivity contribution in [1.29, 1.82) is 0 Å².